The van der Waals surface area contributed by atoms with Gasteiger partial charge in [-0.15, -0.1) is 0 Å². The van der Waals surface area contributed by atoms with Gasteiger partial charge in [0, 0.05) is 5.75 Å². The molecule has 6 unspecified atom stereocenters. The van der Waals surface area contributed by atoms with Crippen molar-refractivity contribution in [3.8, 4) is 0 Å². The largest absolute Gasteiger partial charge is 0.480 e. The van der Waals surface area contributed by atoms with Crippen LogP contribution < -0.4 is 21.7 Å². The van der Waals surface area contributed by atoms with Crippen molar-refractivity contribution in [1.82, 2.24) is 16.0 Å². The fourth-order valence-corrected chi connectivity index (χ4v) is 1.97. The highest BCUT2D eigenvalue weighted by Gasteiger charge is 2.31. The van der Waals surface area contributed by atoms with Crippen molar-refractivity contribution in [3.05, 3.63) is 0 Å². The van der Waals surface area contributed by atoms with Crippen LogP contribution in [0.2, 0.25) is 0 Å². The number of amides is 3. The van der Waals surface area contributed by atoms with E-state index in [1.165, 1.54) is 20.8 Å². The summed E-state index contributed by atoms with van der Waals surface area (Å²) in [5, 5.41) is 34.5. The Hall–Kier alpha value is -1.89. The molecule has 12 heteroatoms. The third-order valence-corrected chi connectivity index (χ3v) is 3.80. The summed E-state index contributed by atoms with van der Waals surface area (Å²) in [6, 6.07) is -5.12. The molecule has 0 aliphatic carbocycles. The fraction of sp³-hybridized carbons (Fsp3) is 0.714. The van der Waals surface area contributed by atoms with Gasteiger partial charge in [0.2, 0.25) is 17.7 Å². The minimum Gasteiger partial charge on any atom is -0.480 e. The molecular weight excluding hydrogens is 368 g/mol. The van der Waals surface area contributed by atoms with E-state index in [-0.39, 0.29) is 5.75 Å². The molecule has 0 aromatic carbocycles. The lowest BCUT2D eigenvalue weighted by molar-refractivity contribution is -0.142. The van der Waals surface area contributed by atoms with Crippen molar-refractivity contribution in [2.24, 2.45) is 5.73 Å². The molecule has 0 heterocycles. The maximum Gasteiger partial charge on any atom is 0.327 e. The van der Waals surface area contributed by atoms with Gasteiger partial charge in [-0.1, -0.05) is 0 Å². The van der Waals surface area contributed by atoms with Gasteiger partial charge in [-0.2, -0.15) is 12.6 Å². The second-order valence-corrected chi connectivity index (χ2v) is 6.17. The molecule has 6 atom stereocenters. The van der Waals surface area contributed by atoms with Gasteiger partial charge in [0.25, 0.3) is 0 Å². The van der Waals surface area contributed by atoms with Gasteiger partial charge >= 0.3 is 5.97 Å². The number of aliphatic hydroxyl groups is 2. The second-order valence-electron chi connectivity index (χ2n) is 5.81. The van der Waals surface area contributed by atoms with E-state index in [4.69, 9.17) is 10.8 Å². The van der Waals surface area contributed by atoms with Crippen LogP contribution in [-0.2, 0) is 19.2 Å². The zero-order valence-corrected chi connectivity index (χ0v) is 15.6. The van der Waals surface area contributed by atoms with Crippen molar-refractivity contribution in [2.75, 3.05) is 5.75 Å². The summed E-state index contributed by atoms with van der Waals surface area (Å²) in [5.41, 5.74) is 5.44. The Balaban J connectivity index is 4.93. The van der Waals surface area contributed by atoms with Gasteiger partial charge in [0.15, 0.2) is 0 Å². The quantitative estimate of drug-likeness (QED) is 0.175. The van der Waals surface area contributed by atoms with Crippen LogP contribution in [0.3, 0.4) is 0 Å². The van der Waals surface area contributed by atoms with Gasteiger partial charge in [0.1, 0.15) is 24.2 Å². The third kappa shape index (κ3) is 7.56. The molecule has 0 aromatic rings. The molecule has 150 valence electrons. The Morgan fingerprint density at radius 1 is 0.923 bits per heavy atom. The van der Waals surface area contributed by atoms with Crippen molar-refractivity contribution in [3.63, 3.8) is 0 Å². The first-order valence-corrected chi connectivity index (χ1v) is 8.42. The SMILES string of the molecule is CC(NC(=O)C(N)C(C)O)C(=O)NC(C(=O)NC(CS)C(=O)O)C(C)O. The number of aliphatic carboxylic acids is 1. The number of nitrogens with one attached hydrogen (secondary N) is 3. The van der Waals surface area contributed by atoms with Crippen LogP contribution in [0.1, 0.15) is 20.8 Å². The maximum atomic E-state index is 12.1. The summed E-state index contributed by atoms with van der Waals surface area (Å²) in [5.74, 6) is -4.02. The van der Waals surface area contributed by atoms with Crippen molar-refractivity contribution in [1.29, 1.82) is 0 Å². The lowest BCUT2D eigenvalue weighted by Crippen LogP contribution is -2.60. The first-order valence-electron chi connectivity index (χ1n) is 7.78. The minimum atomic E-state index is -1.45. The summed E-state index contributed by atoms with van der Waals surface area (Å²) in [7, 11) is 0. The highest BCUT2D eigenvalue weighted by molar-refractivity contribution is 7.80. The molecule has 0 aliphatic rings. The number of carbonyl (C=O) groups is 4. The van der Waals surface area contributed by atoms with Crippen LogP contribution in [0.25, 0.3) is 0 Å². The van der Waals surface area contributed by atoms with Crippen LogP contribution in [0.4, 0.5) is 0 Å². The molecule has 0 saturated carbocycles. The number of rotatable bonds is 10. The fourth-order valence-electron chi connectivity index (χ4n) is 1.72. The molecule has 8 N–H and O–H groups in total. The molecule has 0 rings (SSSR count). The van der Waals surface area contributed by atoms with E-state index in [1.807, 2.05) is 0 Å². The van der Waals surface area contributed by atoms with E-state index in [9.17, 15) is 29.4 Å². The standard InChI is InChI=1S/C14H26N4O7S/c1-5(16-12(22)9(15)6(2)19)11(21)18-10(7(3)20)13(23)17-8(4-26)14(24)25/h5-10,19-20,26H,4,15H2,1-3H3,(H,16,22)(H,17,23)(H,18,21)(H,24,25). The van der Waals surface area contributed by atoms with Crippen LogP contribution >= 0.6 is 12.6 Å². The molecule has 0 radical (unpaired) electrons. The van der Waals surface area contributed by atoms with Gasteiger partial charge in [-0.3, -0.25) is 14.4 Å². The van der Waals surface area contributed by atoms with E-state index in [0.717, 1.165) is 0 Å². The van der Waals surface area contributed by atoms with Crippen molar-refractivity contribution in [2.45, 2.75) is 57.1 Å². The van der Waals surface area contributed by atoms with E-state index < -0.39 is 60.1 Å². The Labute approximate surface area is 156 Å². The average molecular weight is 394 g/mol. The van der Waals surface area contributed by atoms with Crippen LogP contribution in [-0.4, -0.2) is 81.1 Å². The Morgan fingerprint density at radius 3 is 1.85 bits per heavy atom. The second kappa shape index (κ2) is 11.0. The highest BCUT2D eigenvalue weighted by atomic mass is 32.1. The van der Waals surface area contributed by atoms with E-state index >= 15 is 0 Å². The number of hydrogen-bond donors (Lipinski definition) is 8. The van der Waals surface area contributed by atoms with Crippen LogP contribution in [0, 0.1) is 0 Å². The van der Waals surface area contributed by atoms with Gasteiger partial charge in [-0.25, -0.2) is 4.79 Å². The van der Waals surface area contributed by atoms with Gasteiger partial charge < -0.3 is 37.0 Å². The number of carbonyl (C=O) groups excluding carboxylic acids is 3. The zero-order chi connectivity index (χ0) is 20.6. The predicted octanol–water partition coefficient (Wildman–Crippen LogP) is -3.44. The van der Waals surface area contributed by atoms with Crippen molar-refractivity contribution >= 4 is 36.3 Å². The molecule has 0 aromatic heterocycles. The zero-order valence-electron chi connectivity index (χ0n) is 14.7. The van der Waals surface area contributed by atoms with E-state index in [2.05, 4.69) is 28.6 Å². The summed E-state index contributed by atoms with van der Waals surface area (Å²) in [6.45, 7) is 3.85. The van der Waals surface area contributed by atoms with E-state index in [0.29, 0.717) is 0 Å². The molecule has 0 spiro atoms. The lowest BCUT2D eigenvalue weighted by Gasteiger charge is -2.25. The van der Waals surface area contributed by atoms with Crippen LogP contribution in [0.5, 0.6) is 0 Å². The molecule has 0 bridgehead atoms. The molecule has 0 fully saturated rings. The van der Waals surface area contributed by atoms with E-state index in [1.54, 1.807) is 0 Å². The molecule has 0 saturated heterocycles. The lowest BCUT2D eigenvalue weighted by atomic mass is 10.1. The molecule has 3 amide bonds. The molecule has 0 aliphatic heterocycles. The normalized spacial score (nSPS) is 17.8. The topological polar surface area (TPSA) is 191 Å². The number of hydrogen-bond acceptors (Lipinski definition) is 8. The third-order valence-electron chi connectivity index (χ3n) is 3.43. The van der Waals surface area contributed by atoms with Gasteiger partial charge in [0.05, 0.1) is 12.2 Å². The summed E-state index contributed by atoms with van der Waals surface area (Å²) in [4.78, 5) is 46.9. The average Bonchev–Trinajstić information content (AvgIpc) is 2.55. The summed E-state index contributed by atoms with van der Waals surface area (Å²) < 4.78 is 0. The Morgan fingerprint density at radius 2 is 1.46 bits per heavy atom. The first-order chi connectivity index (χ1) is 11.9. The number of carboxylic acids is 1. The summed E-state index contributed by atoms with van der Waals surface area (Å²) >= 11 is 3.80. The maximum absolute atomic E-state index is 12.1. The highest BCUT2D eigenvalue weighted by Crippen LogP contribution is 1.99. The van der Waals surface area contributed by atoms with Gasteiger partial charge in [-0.05, 0) is 20.8 Å². The Kier molecular flexibility index (Phi) is 10.2. The Bertz CT molecular complexity index is 529. The minimum absolute atomic E-state index is 0.189. The van der Waals surface area contributed by atoms with Crippen LogP contribution in [0.15, 0.2) is 0 Å². The van der Waals surface area contributed by atoms with Crippen molar-refractivity contribution < 1.29 is 34.5 Å². The number of nitrogens with two attached hydrogens (primary N) is 1. The predicted molar refractivity (Wildman–Crippen MR) is 94.3 cm³/mol. The first kappa shape index (κ1) is 24.1. The number of thiol groups is 1. The molecule has 26 heavy (non-hydrogen) atoms. The smallest absolute Gasteiger partial charge is 0.327 e. The monoisotopic (exact) mass is 394 g/mol. The molecular formula is C14H26N4O7S. The summed E-state index contributed by atoms with van der Waals surface area (Å²) in [6.07, 6.45) is -2.47. The number of carboxylic acid groups (broad SMARTS) is 1. The molecule has 11 nitrogen and oxygen atoms in total. The number of aliphatic hydroxyl groups excluding tert-OH is 2.